The topological polar surface area (TPSA) is 46.3 Å². The van der Waals surface area contributed by atoms with E-state index in [1.807, 2.05) is 24.0 Å². The molecule has 2 aromatic rings. The van der Waals surface area contributed by atoms with Gasteiger partial charge in [-0.05, 0) is 54.7 Å². The molecule has 1 aliphatic rings. The Labute approximate surface area is 125 Å². The number of fused-ring (bicyclic) bond motifs is 1. The maximum absolute atomic E-state index is 12.7. The minimum absolute atomic E-state index is 0.0817. The molecular weight excluding hydrogens is 260 g/mol. The maximum Gasteiger partial charge on any atom is 0.253 e. The van der Waals surface area contributed by atoms with Crippen LogP contribution in [0, 0.1) is 6.92 Å². The first-order valence-electron chi connectivity index (χ1n) is 7.37. The predicted octanol–water partition coefficient (Wildman–Crippen LogP) is 2.82. The summed E-state index contributed by atoms with van der Waals surface area (Å²) in [5, 5.41) is 0. The van der Waals surface area contributed by atoms with Crippen LogP contribution < -0.4 is 5.73 Å². The van der Waals surface area contributed by atoms with Crippen LogP contribution in [0.25, 0.3) is 0 Å². The van der Waals surface area contributed by atoms with Crippen molar-refractivity contribution >= 4 is 11.6 Å². The molecule has 3 nitrogen and oxygen atoms in total. The van der Waals surface area contributed by atoms with Crippen molar-refractivity contribution in [3.8, 4) is 0 Å². The molecule has 0 fully saturated rings. The SMILES string of the molecule is Cc1cc(N)cc(C(=O)N2CCc3ccccc3CC2)c1. The fourth-order valence-electron chi connectivity index (χ4n) is 2.99. The van der Waals surface area contributed by atoms with Gasteiger partial charge in [-0.15, -0.1) is 0 Å². The summed E-state index contributed by atoms with van der Waals surface area (Å²) < 4.78 is 0. The first-order chi connectivity index (χ1) is 10.1. The van der Waals surface area contributed by atoms with Crippen molar-refractivity contribution in [3.63, 3.8) is 0 Å². The van der Waals surface area contributed by atoms with Crippen LogP contribution in [0.15, 0.2) is 42.5 Å². The summed E-state index contributed by atoms with van der Waals surface area (Å²) in [6, 6.07) is 14.0. The van der Waals surface area contributed by atoms with Crippen LogP contribution in [0.1, 0.15) is 27.0 Å². The zero-order valence-electron chi connectivity index (χ0n) is 12.3. The predicted molar refractivity (Wildman–Crippen MR) is 85.3 cm³/mol. The standard InChI is InChI=1S/C18H20N2O/c1-13-10-16(12-17(19)11-13)18(21)20-8-6-14-4-2-3-5-15(14)7-9-20/h2-5,10-12H,6-9,19H2,1H3. The van der Waals surface area contributed by atoms with Gasteiger partial charge in [0.15, 0.2) is 0 Å². The van der Waals surface area contributed by atoms with E-state index in [0.717, 1.165) is 31.5 Å². The van der Waals surface area contributed by atoms with Gasteiger partial charge in [0, 0.05) is 24.3 Å². The molecule has 0 atom stereocenters. The number of rotatable bonds is 1. The van der Waals surface area contributed by atoms with Crippen LogP contribution in [0.3, 0.4) is 0 Å². The zero-order valence-corrected chi connectivity index (χ0v) is 12.3. The van der Waals surface area contributed by atoms with E-state index in [2.05, 4.69) is 24.3 Å². The van der Waals surface area contributed by atoms with Crippen LogP contribution in [0.5, 0.6) is 0 Å². The summed E-state index contributed by atoms with van der Waals surface area (Å²) in [5.41, 5.74) is 10.9. The van der Waals surface area contributed by atoms with E-state index in [1.54, 1.807) is 6.07 Å². The lowest BCUT2D eigenvalue weighted by molar-refractivity contribution is 0.0763. The quantitative estimate of drug-likeness (QED) is 0.816. The number of amides is 1. The van der Waals surface area contributed by atoms with Gasteiger partial charge < -0.3 is 10.6 Å². The summed E-state index contributed by atoms with van der Waals surface area (Å²) in [6.07, 6.45) is 1.84. The number of anilines is 1. The molecule has 0 unspecified atom stereocenters. The van der Waals surface area contributed by atoms with Gasteiger partial charge in [0.05, 0.1) is 0 Å². The van der Waals surface area contributed by atoms with E-state index in [4.69, 9.17) is 5.73 Å². The highest BCUT2D eigenvalue weighted by Gasteiger charge is 2.19. The van der Waals surface area contributed by atoms with Gasteiger partial charge in [0.2, 0.25) is 0 Å². The van der Waals surface area contributed by atoms with E-state index in [0.29, 0.717) is 11.3 Å². The average molecular weight is 280 g/mol. The lowest BCUT2D eigenvalue weighted by Gasteiger charge is -2.20. The molecule has 3 heteroatoms. The van der Waals surface area contributed by atoms with Gasteiger partial charge >= 0.3 is 0 Å². The highest BCUT2D eigenvalue weighted by Crippen LogP contribution is 2.18. The minimum atomic E-state index is 0.0817. The van der Waals surface area contributed by atoms with Crippen molar-refractivity contribution in [1.82, 2.24) is 4.90 Å². The molecule has 0 saturated carbocycles. The van der Waals surface area contributed by atoms with Crippen molar-refractivity contribution in [1.29, 1.82) is 0 Å². The monoisotopic (exact) mass is 280 g/mol. The second-order valence-electron chi connectivity index (χ2n) is 5.69. The molecule has 0 radical (unpaired) electrons. The zero-order chi connectivity index (χ0) is 14.8. The highest BCUT2D eigenvalue weighted by atomic mass is 16.2. The molecule has 0 aliphatic carbocycles. The summed E-state index contributed by atoms with van der Waals surface area (Å²) in [7, 11) is 0. The summed E-state index contributed by atoms with van der Waals surface area (Å²) in [5.74, 6) is 0.0817. The van der Waals surface area contributed by atoms with Crippen molar-refractivity contribution in [3.05, 3.63) is 64.7 Å². The number of benzene rings is 2. The molecule has 108 valence electrons. The number of hydrogen-bond donors (Lipinski definition) is 1. The average Bonchev–Trinajstić information content (AvgIpc) is 2.68. The van der Waals surface area contributed by atoms with Crippen LogP contribution in [-0.4, -0.2) is 23.9 Å². The number of hydrogen-bond acceptors (Lipinski definition) is 2. The lowest BCUT2D eigenvalue weighted by atomic mass is 10.0. The normalized spacial score (nSPS) is 14.4. The molecule has 2 aromatic carbocycles. The van der Waals surface area contributed by atoms with Gasteiger partial charge in [-0.2, -0.15) is 0 Å². The van der Waals surface area contributed by atoms with Crippen molar-refractivity contribution in [2.45, 2.75) is 19.8 Å². The van der Waals surface area contributed by atoms with E-state index >= 15 is 0 Å². The van der Waals surface area contributed by atoms with Gasteiger partial charge in [0.25, 0.3) is 5.91 Å². The van der Waals surface area contributed by atoms with Crippen LogP contribution in [-0.2, 0) is 12.8 Å². The number of aryl methyl sites for hydroxylation is 1. The maximum atomic E-state index is 12.7. The Morgan fingerprint density at radius 1 is 1.05 bits per heavy atom. The Morgan fingerprint density at radius 2 is 1.67 bits per heavy atom. The fourth-order valence-corrected chi connectivity index (χ4v) is 2.99. The largest absolute Gasteiger partial charge is 0.399 e. The Hall–Kier alpha value is -2.29. The first kappa shape index (κ1) is 13.7. The Bertz CT molecular complexity index is 631. The Balaban J connectivity index is 1.80. The lowest BCUT2D eigenvalue weighted by Crippen LogP contribution is -2.33. The van der Waals surface area contributed by atoms with E-state index in [1.165, 1.54) is 11.1 Å². The second-order valence-corrected chi connectivity index (χ2v) is 5.69. The number of nitrogens with zero attached hydrogens (tertiary/aromatic N) is 1. The molecule has 0 bridgehead atoms. The molecule has 21 heavy (non-hydrogen) atoms. The molecule has 0 saturated heterocycles. The second kappa shape index (κ2) is 5.60. The van der Waals surface area contributed by atoms with Gasteiger partial charge in [-0.1, -0.05) is 24.3 Å². The molecule has 2 N–H and O–H groups in total. The summed E-state index contributed by atoms with van der Waals surface area (Å²) in [6.45, 7) is 3.50. The summed E-state index contributed by atoms with van der Waals surface area (Å²) in [4.78, 5) is 14.6. The van der Waals surface area contributed by atoms with Gasteiger partial charge in [-0.3, -0.25) is 4.79 Å². The molecule has 1 amide bonds. The third kappa shape index (κ3) is 2.92. The smallest absolute Gasteiger partial charge is 0.253 e. The minimum Gasteiger partial charge on any atom is -0.399 e. The van der Waals surface area contributed by atoms with Crippen molar-refractivity contribution in [2.24, 2.45) is 0 Å². The molecule has 1 aliphatic heterocycles. The van der Waals surface area contributed by atoms with Crippen LogP contribution in [0.2, 0.25) is 0 Å². The summed E-state index contributed by atoms with van der Waals surface area (Å²) >= 11 is 0. The van der Waals surface area contributed by atoms with Crippen molar-refractivity contribution in [2.75, 3.05) is 18.8 Å². The van der Waals surface area contributed by atoms with Gasteiger partial charge in [0.1, 0.15) is 0 Å². The molecule has 3 rings (SSSR count). The molecular formula is C18H20N2O. The third-order valence-electron chi connectivity index (χ3n) is 4.05. The number of nitrogen functional groups attached to an aromatic ring is 1. The van der Waals surface area contributed by atoms with Crippen LogP contribution in [0.4, 0.5) is 5.69 Å². The number of carbonyl (C=O) groups is 1. The van der Waals surface area contributed by atoms with Gasteiger partial charge in [-0.25, -0.2) is 0 Å². The highest BCUT2D eigenvalue weighted by molar-refractivity contribution is 5.95. The van der Waals surface area contributed by atoms with Crippen molar-refractivity contribution < 1.29 is 4.79 Å². The third-order valence-corrected chi connectivity index (χ3v) is 4.05. The Kier molecular flexibility index (Phi) is 3.65. The van der Waals surface area contributed by atoms with E-state index < -0.39 is 0 Å². The molecule has 1 heterocycles. The molecule has 0 spiro atoms. The number of nitrogens with two attached hydrogens (primary N) is 1. The molecule has 0 aromatic heterocycles. The van der Waals surface area contributed by atoms with E-state index in [-0.39, 0.29) is 5.91 Å². The number of carbonyl (C=O) groups excluding carboxylic acids is 1. The Morgan fingerprint density at radius 3 is 2.24 bits per heavy atom. The fraction of sp³-hybridized carbons (Fsp3) is 0.278. The van der Waals surface area contributed by atoms with E-state index in [9.17, 15) is 4.79 Å². The first-order valence-corrected chi connectivity index (χ1v) is 7.37. The van der Waals surface area contributed by atoms with Crippen LogP contribution >= 0.6 is 0 Å².